The Bertz CT molecular complexity index is 1080. The number of hydrogen-bond donors (Lipinski definition) is 4. The lowest BCUT2D eigenvalue weighted by molar-refractivity contribution is -0.115. The Morgan fingerprint density at radius 1 is 0.871 bits per heavy atom. The molecule has 0 aliphatic carbocycles. The SMILES string of the molecule is NC(N)=NN=C(NC(=O)C=Cc1ccc(Br)cc1)NC(=O)C=Cc1cc(Br)ccc1F. The molecule has 0 heterocycles. The fourth-order valence-corrected chi connectivity index (χ4v) is 2.70. The molecule has 8 nitrogen and oxygen atoms in total. The molecule has 6 N–H and O–H groups in total. The van der Waals surface area contributed by atoms with Gasteiger partial charge in [-0.1, -0.05) is 44.0 Å². The summed E-state index contributed by atoms with van der Waals surface area (Å²) in [5.74, 6) is -2.48. The summed E-state index contributed by atoms with van der Waals surface area (Å²) in [6, 6.07) is 11.5. The number of rotatable bonds is 5. The van der Waals surface area contributed by atoms with Gasteiger partial charge < -0.3 is 11.5 Å². The fourth-order valence-electron chi connectivity index (χ4n) is 2.06. The second-order valence-electron chi connectivity index (χ2n) is 5.84. The first-order valence-corrected chi connectivity index (χ1v) is 10.2. The van der Waals surface area contributed by atoms with E-state index in [0.29, 0.717) is 4.47 Å². The Balaban J connectivity index is 2.08. The van der Waals surface area contributed by atoms with Crippen LogP contribution in [0.25, 0.3) is 12.2 Å². The predicted octanol–water partition coefficient (Wildman–Crippen LogP) is 2.85. The van der Waals surface area contributed by atoms with Crippen molar-refractivity contribution in [2.24, 2.45) is 21.7 Å². The summed E-state index contributed by atoms with van der Waals surface area (Å²) in [7, 11) is 0. The molecule has 0 aliphatic rings. The van der Waals surface area contributed by atoms with Gasteiger partial charge in [0.05, 0.1) is 0 Å². The van der Waals surface area contributed by atoms with E-state index in [9.17, 15) is 14.0 Å². The van der Waals surface area contributed by atoms with Gasteiger partial charge in [0.2, 0.25) is 11.9 Å². The molecular formula is C20H17Br2FN6O2. The number of halogens is 3. The molecule has 0 saturated carbocycles. The molecule has 0 atom stereocenters. The summed E-state index contributed by atoms with van der Waals surface area (Å²) in [6.45, 7) is 0. The van der Waals surface area contributed by atoms with Gasteiger partial charge in [-0.3, -0.25) is 20.2 Å². The highest BCUT2D eigenvalue weighted by atomic mass is 79.9. The molecule has 0 fully saturated rings. The smallest absolute Gasteiger partial charge is 0.250 e. The summed E-state index contributed by atoms with van der Waals surface area (Å²) >= 11 is 6.55. The molecule has 11 heteroatoms. The standard InChI is InChI=1S/C20H17Br2FN6O2/c21-14-5-1-12(2-6-14)3-9-17(30)26-20(29-28-19(24)25)27-18(31)10-4-13-11-15(22)7-8-16(13)23/h1-11H,(H4,24,25,28)(H2,26,27,29,30,31). The van der Waals surface area contributed by atoms with Crippen LogP contribution in [-0.4, -0.2) is 23.7 Å². The van der Waals surface area contributed by atoms with Gasteiger partial charge in [-0.15, -0.1) is 10.2 Å². The molecule has 2 amide bonds. The number of carbonyl (C=O) groups excluding carboxylic acids is 2. The van der Waals surface area contributed by atoms with Crippen LogP contribution in [0.2, 0.25) is 0 Å². The monoisotopic (exact) mass is 550 g/mol. The van der Waals surface area contributed by atoms with E-state index in [1.54, 1.807) is 18.2 Å². The highest BCUT2D eigenvalue weighted by molar-refractivity contribution is 9.10. The van der Waals surface area contributed by atoms with E-state index in [4.69, 9.17) is 11.5 Å². The number of amides is 2. The van der Waals surface area contributed by atoms with Crippen LogP contribution in [0, 0.1) is 5.82 Å². The average molecular weight is 552 g/mol. The predicted molar refractivity (Wildman–Crippen MR) is 126 cm³/mol. The third kappa shape index (κ3) is 8.93. The van der Waals surface area contributed by atoms with E-state index < -0.39 is 17.6 Å². The molecule has 0 unspecified atom stereocenters. The van der Waals surface area contributed by atoms with Crippen LogP contribution in [0.15, 0.2) is 73.8 Å². The lowest BCUT2D eigenvalue weighted by Gasteiger charge is -2.06. The second kappa shape index (κ2) is 11.8. The highest BCUT2D eigenvalue weighted by Gasteiger charge is 2.07. The number of carbonyl (C=O) groups is 2. The largest absolute Gasteiger partial charge is 0.369 e. The third-order valence-corrected chi connectivity index (χ3v) is 4.44. The molecular weight excluding hydrogens is 535 g/mol. The van der Waals surface area contributed by atoms with Crippen LogP contribution in [0.5, 0.6) is 0 Å². The number of guanidine groups is 2. The molecule has 2 rings (SSSR count). The summed E-state index contributed by atoms with van der Waals surface area (Å²) in [6.07, 6.45) is 5.15. The Labute approximate surface area is 194 Å². The van der Waals surface area contributed by atoms with Crippen LogP contribution < -0.4 is 22.1 Å². The molecule has 2 aromatic rings. The second-order valence-corrected chi connectivity index (χ2v) is 7.67. The summed E-state index contributed by atoms with van der Waals surface area (Å²) in [5.41, 5.74) is 11.4. The maximum absolute atomic E-state index is 13.8. The summed E-state index contributed by atoms with van der Waals surface area (Å²) in [5, 5.41) is 11.7. The summed E-state index contributed by atoms with van der Waals surface area (Å²) < 4.78 is 15.3. The van der Waals surface area contributed by atoms with Crippen molar-refractivity contribution in [1.29, 1.82) is 0 Å². The van der Waals surface area contributed by atoms with E-state index in [0.717, 1.165) is 16.1 Å². The van der Waals surface area contributed by atoms with Gasteiger partial charge in [0.15, 0.2) is 0 Å². The number of nitrogens with two attached hydrogens (primary N) is 2. The quantitative estimate of drug-likeness (QED) is 0.197. The van der Waals surface area contributed by atoms with Crippen molar-refractivity contribution in [2.45, 2.75) is 0 Å². The van der Waals surface area contributed by atoms with Crippen LogP contribution in [-0.2, 0) is 9.59 Å². The summed E-state index contributed by atoms with van der Waals surface area (Å²) in [4.78, 5) is 24.3. The Kier molecular flexibility index (Phi) is 9.10. The third-order valence-electron chi connectivity index (χ3n) is 3.42. The van der Waals surface area contributed by atoms with Gasteiger partial charge in [-0.05, 0) is 48.0 Å². The molecule has 0 aromatic heterocycles. The zero-order chi connectivity index (χ0) is 22.8. The van der Waals surface area contributed by atoms with Gasteiger partial charge in [-0.2, -0.15) is 0 Å². The number of hydrogen-bond acceptors (Lipinski definition) is 4. The average Bonchev–Trinajstić information content (AvgIpc) is 2.72. The zero-order valence-electron chi connectivity index (χ0n) is 15.9. The molecule has 0 aliphatic heterocycles. The molecule has 0 radical (unpaired) electrons. The van der Waals surface area contributed by atoms with Crippen molar-refractivity contribution in [1.82, 2.24) is 10.6 Å². The first-order chi connectivity index (χ1) is 14.7. The molecule has 0 bridgehead atoms. The number of nitrogens with one attached hydrogen (secondary N) is 2. The lowest BCUT2D eigenvalue weighted by atomic mass is 10.2. The van der Waals surface area contributed by atoms with E-state index in [-0.39, 0.29) is 17.5 Å². The van der Waals surface area contributed by atoms with E-state index in [2.05, 4.69) is 52.7 Å². The Hall–Kier alpha value is -3.31. The van der Waals surface area contributed by atoms with Crippen molar-refractivity contribution in [3.8, 4) is 0 Å². The molecule has 31 heavy (non-hydrogen) atoms. The first-order valence-electron chi connectivity index (χ1n) is 8.58. The van der Waals surface area contributed by atoms with Gasteiger partial charge >= 0.3 is 0 Å². The van der Waals surface area contributed by atoms with Gasteiger partial charge in [0.1, 0.15) is 5.82 Å². The molecule has 160 valence electrons. The molecule has 0 spiro atoms. The topological polar surface area (TPSA) is 135 Å². The maximum atomic E-state index is 13.8. The minimum absolute atomic E-state index is 0.189. The Morgan fingerprint density at radius 2 is 1.45 bits per heavy atom. The van der Waals surface area contributed by atoms with Crippen molar-refractivity contribution < 1.29 is 14.0 Å². The van der Waals surface area contributed by atoms with Crippen LogP contribution in [0.1, 0.15) is 11.1 Å². The van der Waals surface area contributed by atoms with Crippen molar-refractivity contribution in [3.63, 3.8) is 0 Å². The first kappa shape index (κ1) is 24.0. The number of nitrogens with zero attached hydrogens (tertiary/aromatic N) is 2. The van der Waals surface area contributed by atoms with Crippen molar-refractivity contribution in [2.75, 3.05) is 0 Å². The minimum atomic E-state index is -0.693. The van der Waals surface area contributed by atoms with E-state index in [1.165, 1.54) is 30.4 Å². The zero-order valence-corrected chi connectivity index (χ0v) is 19.0. The van der Waals surface area contributed by atoms with Crippen LogP contribution in [0.4, 0.5) is 4.39 Å². The van der Waals surface area contributed by atoms with Crippen LogP contribution >= 0.6 is 31.9 Å². The van der Waals surface area contributed by atoms with Crippen molar-refractivity contribution in [3.05, 3.63) is 80.5 Å². The van der Waals surface area contributed by atoms with Gasteiger partial charge in [0.25, 0.3) is 11.8 Å². The fraction of sp³-hybridized carbons (Fsp3) is 0. The van der Waals surface area contributed by atoms with Gasteiger partial charge in [-0.25, -0.2) is 4.39 Å². The van der Waals surface area contributed by atoms with Crippen LogP contribution in [0.3, 0.4) is 0 Å². The Morgan fingerprint density at radius 3 is 2.06 bits per heavy atom. The minimum Gasteiger partial charge on any atom is -0.369 e. The highest BCUT2D eigenvalue weighted by Crippen LogP contribution is 2.16. The van der Waals surface area contributed by atoms with Gasteiger partial charge in [0, 0.05) is 26.7 Å². The lowest BCUT2D eigenvalue weighted by Crippen LogP contribution is -2.42. The normalized spacial score (nSPS) is 11.5. The van der Waals surface area contributed by atoms with E-state index >= 15 is 0 Å². The molecule has 2 aromatic carbocycles. The molecule has 0 saturated heterocycles. The maximum Gasteiger partial charge on any atom is 0.250 e. The van der Waals surface area contributed by atoms with Crippen molar-refractivity contribution >= 4 is 67.7 Å². The van der Waals surface area contributed by atoms with E-state index in [1.807, 2.05) is 12.1 Å². The number of benzene rings is 2.